The van der Waals surface area contributed by atoms with E-state index in [9.17, 15) is 9.59 Å². The van der Waals surface area contributed by atoms with Crippen LogP contribution in [0, 0.1) is 0 Å². The van der Waals surface area contributed by atoms with Crippen LogP contribution < -0.4 is 15.0 Å². The molecule has 9 heteroatoms. The zero-order chi connectivity index (χ0) is 20.4. The molecular weight excluding hydrogens is 440 g/mol. The van der Waals surface area contributed by atoms with Gasteiger partial charge in [-0.1, -0.05) is 21.0 Å². The van der Waals surface area contributed by atoms with Crippen molar-refractivity contribution in [3.05, 3.63) is 64.5 Å². The Bertz CT molecular complexity index is 1030. The average molecular weight is 457 g/mol. The van der Waals surface area contributed by atoms with Crippen molar-refractivity contribution in [1.82, 2.24) is 10.2 Å². The summed E-state index contributed by atoms with van der Waals surface area (Å²) < 4.78 is 11.6. The van der Waals surface area contributed by atoms with E-state index in [1.165, 1.54) is 0 Å². The summed E-state index contributed by atoms with van der Waals surface area (Å²) in [6, 6.07) is 14.2. The number of carbonyl (C=O) groups excluding carboxylic acids is 2. The zero-order valence-corrected chi connectivity index (χ0v) is 17.0. The number of methoxy groups -OCH3 is 1. The standard InChI is InChI=1S/C20H17BrN4O4/c1-28-16-8-6-15(7-9-16)25-11-13(10-17(25)26)19-23-24-20(29-19)22-18(27)12-2-4-14(21)5-3-12/h2-9,13H,10-11H2,1H3,(H,22,24,27)/t13-/m1/s1. The molecule has 3 aromatic rings. The quantitative estimate of drug-likeness (QED) is 0.629. The van der Waals surface area contributed by atoms with Gasteiger partial charge in [0.25, 0.3) is 5.91 Å². The van der Waals surface area contributed by atoms with Crippen molar-refractivity contribution in [2.24, 2.45) is 0 Å². The molecule has 1 fully saturated rings. The smallest absolute Gasteiger partial charge is 0.322 e. The third-order valence-electron chi connectivity index (χ3n) is 4.63. The Kier molecular flexibility index (Phi) is 5.30. The van der Waals surface area contributed by atoms with E-state index < -0.39 is 0 Å². The van der Waals surface area contributed by atoms with Crippen LogP contribution in [0.2, 0.25) is 0 Å². The lowest BCUT2D eigenvalue weighted by Crippen LogP contribution is -2.24. The Hall–Kier alpha value is -3.20. The van der Waals surface area contributed by atoms with E-state index in [-0.39, 0.29) is 30.2 Å². The van der Waals surface area contributed by atoms with Crippen molar-refractivity contribution in [2.75, 3.05) is 23.9 Å². The molecule has 0 radical (unpaired) electrons. The number of aromatic nitrogens is 2. The highest BCUT2D eigenvalue weighted by Gasteiger charge is 2.35. The van der Waals surface area contributed by atoms with E-state index in [1.54, 1.807) is 48.4 Å². The third-order valence-corrected chi connectivity index (χ3v) is 5.15. The number of benzene rings is 2. The van der Waals surface area contributed by atoms with Crippen LogP contribution in [-0.2, 0) is 4.79 Å². The van der Waals surface area contributed by atoms with Crippen molar-refractivity contribution in [3.8, 4) is 5.75 Å². The minimum absolute atomic E-state index is 0.00302. The molecule has 1 aliphatic rings. The summed E-state index contributed by atoms with van der Waals surface area (Å²) >= 11 is 3.33. The highest BCUT2D eigenvalue weighted by Crippen LogP contribution is 2.32. The van der Waals surface area contributed by atoms with Gasteiger partial charge < -0.3 is 14.1 Å². The van der Waals surface area contributed by atoms with Crippen LogP contribution in [-0.4, -0.2) is 35.7 Å². The van der Waals surface area contributed by atoms with Gasteiger partial charge in [-0.25, -0.2) is 0 Å². The number of rotatable bonds is 5. The Labute approximate surface area is 175 Å². The van der Waals surface area contributed by atoms with Gasteiger partial charge >= 0.3 is 6.01 Å². The summed E-state index contributed by atoms with van der Waals surface area (Å²) in [6.07, 6.45) is 0.258. The fourth-order valence-electron chi connectivity index (χ4n) is 3.11. The Morgan fingerprint density at radius 1 is 1.17 bits per heavy atom. The van der Waals surface area contributed by atoms with Gasteiger partial charge in [0.2, 0.25) is 11.8 Å². The van der Waals surface area contributed by atoms with Crippen molar-refractivity contribution in [3.63, 3.8) is 0 Å². The van der Waals surface area contributed by atoms with Gasteiger partial charge in [0.1, 0.15) is 5.75 Å². The van der Waals surface area contributed by atoms with Gasteiger partial charge in [0.15, 0.2) is 0 Å². The monoisotopic (exact) mass is 456 g/mol. The summed E-state index contributed by atoms with van der Waals surface area (Å²) in [5, 5.41) is 10.5. The first-order valence-corrected chi connectivity index (χ1v) is 9.67. The van der Waals surface area contributed by atoms with Gasteiger partial charge in [-0.3, -0.25) is 14.9 Å². The highest BCUT2D eigenvalue weighted by atomic mass is 79.9. The number of hydrogen-bond donors (Lipinski definition) is 1. The maximum atomic E-state index is 12.4. The topological polar surface area (TPSA) is 97.6 Å². The van der Waals surface area contributed by atoms with Crippen LogP contribution in [0.5, 0.6) is 5.75 Å². The lowest BCUT2D eigenvalue weighted by Gasteiger charge is -2.16. The molecule has 0 spiro atoms. The van der Waals surface area contributed by atoms with Crippen LogP contribution in [0.4, 0.5) is 11.7 Å². The molecule has 8 nitrogen and oxygen atoms in total. The lowest BCUT2D eigenvalue weighted by atomic mass is 10.1. The predicted molar refractivity (Wildman–Crippen MR) is 109 cm³/mol. The molecule has 1 N–H and O–H groups in total. The molecule has 2 amide bonds. The molecule has 0 saturated carbocycles. The summed E-state index contributed by atoms with van der Waals surface area (Å²) in [5.74, 6) is 0.421. The Balaban J connectivity index is 1.43. The first kappa shape index (κ1) is 19.1. The number of carbonyl (C=O) groups is 2. The van der Waals surface area contributed by atoms with E-state index in [4.69, 9.17) is 9.15 Å². The second-order valence-corrected chi connectivity index (χ2v) is 7.43. The van der Waals surface area contributed by atoms with Crippen molar-refractivity contribution >= 4 is 39.4 Å². The molecule has 4 rings (SSSR count). The molecule has 29 heavy (non-hydrogen) atoms. The molecule has 1 aliphatic heterocycles. The van der Waals surface area contributed by atoms with Crippen LogP contribution >= 0.6 is 15.9 Å². The second kappa shape index (κ2) is 8.04. The van der Waals surface area contributed by atoms with Gasteiger partial charge in [-0.2, -0.15) is 0 Å². The third kappa shape index (κ3) is 4.14. The van der Waals surface area contributed by atoms with Gasteiger partial charge in [0, 0.05) is 28.7 Å². The number of anilines is 2. The number of amides is 2. The maximum Gasteiger partial charge on any atom is 0.322 e. The van der Waals surface area contributed by atoms with E-state index in [1.807, 2.05) is 12.1 Å². The summed E-state index contributed by atoms with van der Waals surface area (Å²) in [4.78, 5) is 26.4. The number of hydrogen-bond acceptors (Lipinski definition) is 6. The number of ether oxygens (including phenoxy) is 1. The van der Waals surface area contributed by atoms with Crippen LogP contribution in [0.1, 0.15) is 28.6 Å². The average Bonchev–Trinajstić information content (AvgIpc) is 3.35. The van der Waals surface area contributed by atoms with Crippen LogP contribution in [0.25, 0.3) is 0 Å². The van der Waals surface area contributed by atoms with E-state index in [0.29, 0.717) is 18.0 Å². The summed E-state index contributed by atoms with van der Waals surface area (Å²) in [5.41, 5.74) is 1.25. The van der Waals surface area contributed by atoms with Crippen molar-refractivity contribution < 1.29 is 18.7 Å². The molecular formula is C20H17BrN4O4. The number of nitrogens with one attached hydrogen (secondary N) is 1. The van der Waals surface area contributed by atoms with E-state index in [0.717, 1.165) is 15.9 Å². The lowest BCUT2D eigenvalue weighted by molar-refractivity contribution is -0.117. The molecule has 1 saturated heterocycles. The van der Waals surface area contributed by atoms with E-state index >= 15 is 0 Å². The van der Waals surface area contributed by atoms with Crippen LogP contribution in [0.3, 0.4) is 0 Å². The van der Waals surface area contributed by atoms with Crippen molar-refractivity contribution in [1.29, 1.82) is 0 Å². The molecule has 0 bridgehead atoms. The van der Waals surface area contributed by atoms with E-state index in [2.05, 4.69) is 31.4 Å². The summed E-state index contributed by atoms with van der Waals surface area (Å²) in [7, 11) is 1.59. The first-order valence-electron chi connectivity index (χ1n) is 8.88. The predicted octanol–water partition coefficient (Wildman–Crippen LogP) is 3.61. The van der Waals surface area contributed by atoms with Gasteiger partial charge in [-0.05, 0) is 48.5 Å². The SMILES string of the molecule is COc1ccc(N2C[C@H](c3nnc(NC(=O)c4ccc(Br)cc4)o3)CC2=O)cc1. The molecule has 0 unspecified atom stereocenters. The van der Waals surface area contributed by atoms with Gasteiger partial charge in [0.05, 0.1) is 13.0 Å². The maximum absolute atomic E-state index is 12.4. The zero-order valence-electron chi connectivity index (χ0n) is 15.5. The fraction of sp³-hybridized carbons (Fsp3) is 0.200. The minimum atomic E-state index is -0.352. The van der Waals surface area contributed by atoms with Crippen molar-refractivity contribution in [2.45, 2.75) is 12.3 Å². The highest BCUT2D eigenvalue weighted by molar-refractivity contribution is 9.10. The first-order chi connectivity index (χ1) is 14.0. The Morgan fingerprint density at radius 2 is 1.90 bits per heavy atom. The molecule has 1 aromatic heterocycles. The van der Waals surface area contributed by atoms with Crippen LogP contribution in [0.15, 0.2) is 57.4 Å². The normalized spacial score (nSPS) is 16.1. The molecule has 1 atom stereocenters. The minimum Gasteiger partial charge on any atom is -0.497 e. The van der Waals surface area contributed by atoms with Gasteiger partial charge in [-0.15, -0.1) is 5.10 Å². The molecule has 2 heterocycles. The molecule has 148 valence electrons. The number of halogens is 1. The number of nitrogens with zero attached hydrogens (tertiary/aromatic N) is 3. The molecule has 2 aromatic carbocycles. The molecule has 0 aliphatic carbocycles. The fourth-order valence-corrected chi connectivity index (χ4v) is 3.37. The Morgan fingerprint density at radius 3 is 2.59 bits per heavy atom. The largest absolute Gasteiger partial charge is 0.497 e. The second-order valence-electron chi connectivity index (χ2n) is 6.51. The summed E-state index contributed by atoms with van der Waals surface area (Å²) in [6.45, 7) is 0.424.